The lowest BCUT2D eigenvalue weighted by Crippen LogP contribution is -2.42. The van der Waals surface area contributed by atoms with Gasteiger partial charge in [-0.15, -0.1) is 0 Å². The van der Waals surface area contributed by atoms with Crippen LogP contribution in [0, 0.1) is 0 Å². The zero-order valence-corrected chi connectivity index (χ0v) is 10.3. The second-order valence-electron chi connectivity index (χ2n) is 4.54. The molecule has 1 aromatic heterocycles. The molecule has 0 amide bonds. The number of aromatic nitrogens is 1. The molecule has 0 bridgehead atoms. The summed E-state index contributed by atoms with van der Waals surface area (Å²) >= 11 is 0. The SMILES string of the molecule is c1ccc(-c2nc(CN3CCNCC3)co2)cc1. The number of nitrogens with zero attached hydrogens (tertiary/aromatic N) is 2. The highest BCUT2D eigenvalue weighted by Gasteiger charge is 2.13. The lowest BCUT2D eigenvalue weighted by Gasteiger charge is -2.25. The van der Waals surface area contributed by atoms with Crippen LogP contribution in [-0.2, 0) is 6.54 Å². The maximum absolute atomic E-state index is 5.54. The van der Waals surface area contributed by atoms with E-state index in [1.807, 2.05) is 30.3 Å². The quantitative estimate of drug-likeness (QED) is 0.891. The summed E-state index contributed by atoms with van der Waals surface area (Å²) in [6, 6.07) is 10.0. The minimum absolute atomic E-state index is 0.709. The van der Waals surface area contributed by atoms with Crippen LogP contribution < -0.4 is 5.32 Å². The predicted molar refractivity (Wildman–Crippen MR) is 70.1 cm³/mol. The van der Waals surface area contributed by atoms with Crippen molar-refractivity contribution in [1.82, 2.24) is 15.2 Å². The van der Waals surface area contributed by atoms with E-state index < -0.39 is 0 Å². The number of nitrogens with one attached hydrogen (secondary N) is 1. The van der Waals surface area contributed by atoms with Gasteiger partial charge in [0.1, 0.15) is 6.26 Å². The fourth-order valence-electron chi connectivity index (χ4n) is 2.19. The molecule has 1 fully saturated rings. The van der Waals surface area contributed by atoms with Crippen molar-refractivity contribution in [3.8, 4) is 11.5 Å². The van der Waals surface area contributed by atoms with E-state index in [1.165, 1.54) is 0 Å². The first kappa shape index (κ1) is 11.4. The van der Waals surface area contributed by atoms with Crippen molar-refractivity contribution in [2.45, 2.75) is 6.54 Å². The fraction of sp³-hybridized carbons (Fsp3) is 0.357. The first-order chi connectivity index (χ1) is 8.92. The molecule has 1 aliphatic heterocycles. The van der Waals surface area contributed by atoms with Crippen molar-refractivity contribution in [2.24, 2.45) is 0 Å². The Labute approximate surface area is 107 Å². The van der Waals surface area contributed by atoms with Gasteiger partial charge >= 0.3 is 0 Å². The first-order valence-electron chi connectivity index (χ1n) is 6.35. The monoisotopic (exact) mass is 243 g/mol. The van der Waals surface area contributed by atoms with Crippen LogP contribution in [0.2, 0.25) is 0 Å². The summed E-state index contributed by atoms with van der Waals surface area (Å²) in [5.41, 5.74) is 2.04. The normalized spacial score (nSPS) is 16.9. The molecule has 0 aliphatic carbocycles. The number of piperazine rings is 1. The summed E-state index contributed by atoms with van der Waals surface area (Å²) in [6.45, 7) is 5.14. The van der Waals surface area contributed by atoms with Crippen LogP contribution in [0.15, 0.2) is 41.0 Å². The third kappa shape index (κ3) is 2.60. The second-order valence-corrected chi connectivity index (χ2v) is 4.54. The molecule has 18 heavy (non-hydrogen) atoms. The Bertz CT molecular complexity index is 489. The van der Waals surface area contributed by atoms with E-state index in [9.17, 15) is 0 Å². The lowest BCUT2D eigenvalue weighted by molar-refractivity contribution is 0.230. The number of hydrogen-bond acceptors (Lipinski definition) is 4. The molecular formula is C14H17N3O. The molecule has 2 aromatic rings. The first-order valence-corrected chi connectivity index (χ1v) is 6.35. The molecule has 1 aliphatic rings. The number of benzene rings is 1. The number of oxazole rings is 1. The van der Waals surface area contributed by atoms with Crippen molar-refractivity contribution in [1.29, 1.82) is 0 Å². The van der Waals surface area contributed by atoms with Crippen LogP contribution in [0.4, 0.5) is 0 Å². The van der Waals surface area contributed by atoms with Crippen molar-refractivity contribution in [3.63, 3.8) is 0 Å². The smallest absolute Gasteiger partial charge is 0.226 e. The highest BCUT2D eigenvalue weighted by Crippen LogP contribution is 2.18. The molecule has 4 nitrogen and oxygen atoms in total. The van der Waals surface area contributed by atoms with Crippen LogP contribution in [0.5, 0.6) is 0 Å². The van der Waals surface area contributed by atoms with Crippen LogP contribution >= 0.6 is 0 Å². The molecule has 0 radical (unpaired) electrons. The molecule has 0 atom stereocenters. The molecule has 1 N–H and O–H groups in total. The molecule has 3 rings (SSSR count). The molecule has 0 spiro atoms. The van der Waals surface area contributed by atoms with Gasteiger partial charge in [-0.05, 0) is 12.1 Å². The summed E-state index contributed by atoms with van der Waals surface area (Å²) in [5.74, 6) is 0.709. The van der Waals surface area contributed by atoms with Gasteiger partial charge in [-0.3, -0.25) is 4.90 Å². The standard InChI is InChI=1S/C14H17N3O/c1-2-4-12(5-3-1)14-16-13(11-18-14)10-17-8-6-15-7-9-17/h1-5,11,15H,6-10H2. The largest absolute Gasteiger partial charge is 0.444 e. The van der Waals surface area contributed by atoms with E-state index >= 15 is 0 Å². The Morgan fingerprint density at radius 3 is 2.72 bits per heavy atom. The van der Waals surface area contributed by atoms with Crippen molar-refractivity contribution >= 4 is 0 Å². The zero-order valence-electron chi connectivity index (χ0n) is 10.3. The molecule has 94 valence electrons. The van der Waals surface area contributed by atoms with Crippen LogP contribution in [0.25, 0.3) is 11.5 Å². The molecule has 1 saturated heterocycles. The minimum atomic E-state index is 0.709. The van der Waals surface area contributed by atoms with Crippen LogP contribution in [0.3, 0.4) is 0 Å². The Morgan fingerprint density at radius 2 is 1.94 bits per heavy atom. The Balaban J connectivity index is 1.69. The van der Waals surface area contributed by atoms with Gasteiger partial charge in [-0.1, -0.05) is 18.2 Å². The average molecular weight is 243 g/mol. The molecule has 2 heterocycles. The van der Waals surface area contributed by atoms with Gasteiger partial charge in [0.05, 0.1) is 5.69 Å². The Hall–Kier alpha value is -1.65. The summed E-state index contributed by atoms with van der Waals surface area (Å²) < 4.78 is 5.54. The van der Waals surface area contributed by atoms with Crippen LogP contribution in [-0.4, -0.2) is 36.1 Å². The van der Waals surface area contributed by atoms with Gasteiger partial charge in [0.2, 0.25) is 5.89 Å². The van der Waals surface area contributed by atoms with E-state index in [1.54, 1.807) is 6.26 Å². The van der Waals surface area contributed by atoms with E-state index in [0.29, 0.717) is 5.89 Å². The van der Waals surface area contributed by atoms with E-state index in [0.717, 1.165) is 44.0 Å². The van der Waals surface area contributed by atoms with Gasteiger partial charge in [0.25, 0.3) is 0 Å². The van der Waals surface area contributed by atoms with E-state index in [-0.39, 0.29) is 0 Å². The molecule has 4 heteroatoms. The third-order valence-electron chi connectivity index (χ3n) is 3.17. The topological polar surface area (TPSA) is 41.3 Å². The second kappa shape index (κ2) is 5.33. The molecular weight excluding hydrogens is 226 g/mol. The van der Waals surface area contributed by atoms with Gasteiger partial charge < -0.3 is 9.73 Å². The van der Waals surface area contributed by atoms with Crippen molar-refractivity contribution < 1.29 is 4.42 Å². The van der Waals surface area contributed by atoms with Crippen molar-refractivity contribution in [3.05, 3.63) is 42.3 Å². The van der Waals surface area contributed by atoms with Gasteiger partial charge in [-0.2, -0.15) is 0 Å². The van der Waals surface area contributed by atoms with Gasteiger partial charge in [-0.25, -0.2) is 4.98 Å². The number of hydrogen-bond donors (Lipinski definition) is 1. The summed E-state index contributed by atoms with van der Waals surface area (Å²) in [6.07, 6.45) is 1.77. The predicted octanol–water partition coefficient (Wildman–Crippen LogP) is 1.75. The van der Waals surface area contributed by atoms with E-state index in [4.69, 9.17) is 4.42 Å². The van der Waals surface area contributed by atoms with Gasteiger partial charge in [0.15, 0.2) is 0 Å². The molecule has 0 unspecified atom stereocenters. The zero-order chi connectivity index (χ0) is 12.2. The molecule has 1 aromatic carbocycles. The maximum atomic E-state index is 5.54. The van der Waals surface area contributed by atoms with Crippen LogP contribution in [0.1, 0.15) is 5.69 Å². The summed E-state index contributed by atoms with van der Waals surface area (Å²) in [5, 5.41) is 3.35. The Morgan fingerprint density at radius 1 is 1.17 bits per heavy atom. The lowest BCUT2D eigenvalue weighted by atomic mass is 10.2. The van der Waals surface area contributed by atoms with Gasteiger partial charge in [0, 0.05) is 38.3 Å². The van der Waals surface area contributed by atoms with E-state index in [2.05, 4.69) is 15.2 Å². The fourth-order valence-corrected chi connectivity index (χ4v) is 2.19. The maximum Gasteiger partial charge on any atom is 0.226 e. The minimum Gasteiger partial charge on any atom is -0.444 e. The van der Waals surface area contributed by atoms with Crippen molar-refractivity contribution in [2.75, 3.05) is 26.2 Å². The molecule has 0 saturated carbocycles. The summed E-state index contributed by atoms with van der Waals surface area (Å²) in [4.78, 5) is 6.94. The summed E-state index contributed by atoms with van der Waals surface area (Å²) in [7, 11) is 0. The number of rotatable bonds is 3. The highest BCUT2D eigenvalue weighted by atomic mass is 16.3. The Kier molecular flexibility index (Phi) is 3.39. The average Bonchev–Trinajstić information content (AvgIpc) is 2.89. The highest BCUT2D eigenvalue weighted by molar-refractivity contribution is 5.52. The third-order valence-corrected chi connectivity index (χ3v) is 3.17.